The number of pyridine rings is 1. The lowest BCUT2D eigenvalue weighted by Crippen LogP contribution is -2.35. The first-order valence-electron chi connectivity index (χ1n) is 9.85. The van der Waals surface area contributed by atoms with Crippen LogP contribution in [0.3, 0.4) is 0 Å². The minimum absolute atomic E-state index is 0.226. The maximum atomic E-state index is 12.8. The Hall–Kier alpha value is -1.52. The van der Waals surface area contributed by atoms with Crippen LogP contribution in [0.4, 0.5) is 5.69 Å². The van der Waals surface area contributed by atoms with E-state index < -0.39 is 0 Å². The number of carbonyl (C=O) groups is 1. The number of hydrogen-bond donors (Lipinski definition) is 0. The van der Waals surface area contributed by atoms with E-state index in [9.17, 15) is 4.79 Å². The summed E-state index contributed by atoms with van der Waals surface area (Å²) < 4.78 is 5.34. The van der Waals surface area contributed by atoms with E-state index in [1.165, 1.54) is 6.42 Å². The average molecular weight is 421 g/mol. The number of carbonyl (C=O) groups excluding carboxylic acids is 1. The van der Waals surface area contributed by atoms with Crippen molar-refractivity contribution in [3.8, 4) is 0 Å². The summed E-state index contributed by atoms with van der Waals surface area (Å²) in [4.78, 5) is 19.6. The monoisotopic (exact) mass is 420 g/mol. The van der Waals surface area contributed by atoms with E-state index in [0.717, 1.165) is 30.5 Å². The molecule has 2 aromatic rings. The van der Waals surface area contributed by atoms with Gasteiger partial charge in [-0.15, -0.1) is 0 Å². The molecule has 2 aliphatic rings. The molecular formula is C22H26Cl2N2O2. The first kappa shape index (κ1) is 19.8. The maximum Gasteiger partial charge on any atom is 0.341 e. The predicted molar refractivity (Wildman–Crippen MR) is 115 cm³/mol. The standard InChI is InChI=1S/C22H26Cl2N2O2/c1-5-28-20(27)15-10-25-18-14(6-7-16(23)17(18)24)19(15)26-12-22(4)9-13(26)8-21(2,3)11-22/h6-7,10,13H,5,8-9,11-12H2,1-4H3/t13-,22+/m0/s1. The molecule has 6 heteroatoms. The highest BCUT2D eigenvalue weighted by Crippen LogP contribution is 2.54. The second kappa shape index (κ2) is 6.77. The van der Waals surface area contributed by atoms with Crippen molar-refractivity contribution in [2.24, 2.45) is 10.8 Å². The topological polar surface area (TPSA) is 42.4 Å². The van der Waals surface area contributed by atoms with Gasteiger partial charge in [0, 0.05) is 24.2 Å². The van der Waals surface area contributed by atoms with Gasteiger partial charge < -0.3 is 9.64 Å². The Bertz CT molecular complexity index is 959. The Morgan fingerprint density at radius 1 is 1.29 bits per heavy atom. The van der Waals surface area contributed by atoms with Crippen LogP contribution in [-0.4, -0.2) is 30.1 Å². The highest BCUT2D eigenvalue weighted by Gasteiger charge is 2.50. The maximum absolute atomic E-state index is 12.8. The van der Waals surface area contributed by atoms with E-state index in [0.29, 0.717) is 33.8 Å². The third-order valence-corrected chi connectivity index (χ3v) is 6.89. The summed E-state index contributed by atoms with van der Waals surface area (Å²) in [6, 6.07) is 4.08. The van der Waals surface area contributed by atoms with Gasteiger partial charge in [-0.2, -0.15) is 0 Å². The van der Waals surface area contributed by atoms with Crippen molar-refractivity contribution < 1.29 is 9.53 Å². The van der Waals surface area contributed by atoms with Crippen LogP contribution in [0.2, 0.25) is 10.0 Å². The van der Waals surface area contributed by atoms with Gasteiger partial charge in [0.2, 0.25) is 0 Å². The van der Waals surface area contributed by atoms with E-state index in [1.54, 1.807) is 12.3 Å². The van der Waals surface area contributed by atoms with Crippen LogP contribution in [0, 0.1) is 10.8 Å². The number of ether oxygens (including phenoxy) is 1. The average Bonchev–Trinajstić information content (AvgIpc) is 2.86. The lowest BCUT2D eigenvalue weighted by molar-refractivity contribution is 0.0526. The lowest BCUT2D eigenvalue weighted by Gasteiger charge is -2.39. The number of halogens is 2. The fourth-order valence-electron chi connectivity index (χ4n) is 5.58. The van der Waals surface area contributed by atoms with Crippen molar-refractivity contribution >= 4 is 45.8 Å². The zero-order valence-electron chi connectivity index (χ0n) is 16.8. The second-order valence-corrected chi connectivity index (χ2v) is 10.1. The first-order valence-corrected chi connectivity index (χ1v) is 10.6. The van der Waals surface area contributed by atoms with Crippen LogP contribution in [0.15, 0.2) is 18.3 Å². The van der Waals surface area contributed by atoms with Gasteiger partial charge in [0.25, 0.3) is 0 Å². The Morgan fingerprint density at radius 3 is 2.75 bits per heavy atom. The van der Waals surface area contributed by atoms with Crippen molar-refractivity contribution in [2.75, 3.05) is 18.1 Å². The number of esters is 1. The highest BCUT2D eigenvalue weighted by atomic mass is 35.5. The minimum atomic E-state index is -0.344. The molecule has 1 aliphatic heterocycles. The molecule has 0 spiro atoms. The van der Waals surface area contributed by atoms with Gasteiger partial charge in [-0.3, -0.25) is 4.98 Å². The van der Waals surface area contributed by atoms with Gasteiger partial charge in [0.05, 0.1) is 27.9 Å². The summed E-state index contributed by atoms with van der Waals surface area (Å²) in [6.07, 6.45) is 4.99. The third-order valence-electron chi connectivity index (χ3n) is 6.10. The quantitative estimate of drug-likeness (QED) is 0.560. The van der Waals surface area contributed by atoms with Crippen molar-refractivity contribution in [3.63, 3.8) is 0 Å². The number of aromatic nitrogens is 1. The van der Waals surface area contributed by atoms with Gasteiger partial charge in [0.15, 0.2) is 0 Å². The summed E-state index contributed by atoms with van der Waals surface area (Å²) in [7, 11) is 0. The molecule has 2 heterocycles. The molecule has 0 N–H and O–H groups in total. The molecule has 1 aromatic heterocycles. The van der Waals surface area contributed by atoms with E-state index in [4.69, 9.17) is 27.9 Å². The fourth-order valence-corrected chi connectivity index (χ4v) is 5.95. The Balaban J connectivity index is 1.93. The van der Waals surface area contributed by atoms with Crippen molar-refractivity contribution in [1.29, 1.82) is 0 Å². The van der Waals surface area contributed by atoms with Gasteiger partial charge in [-0.25, -0.2) is 4.79 Å². The molecule has 4 nitrogen and oxygen atoms in total. The summed E-state index contributed by atoms with van der Waals surface area (Å²) >= 11 is 12.7. The SMILES string of the molecule is CCOC(=O)c1cnc2c(Cl)c(Cl)ccc2c1N1C[C@]2(C)C[C@@H]1CC(C)(C)C2. The van der Waals surface area contributed by atoms with Crippen molar-refractivity contribution in [3.05, 3.63) is 33.9 Å². The normalized spacial score (nSPS) is 25.9. The molecule has 2 atom stereocenters. The largest absolute Gasteiger partial charge is 0.462 e. The number of benzene rings is 1. The third kappa shape index (κ3) is 3.25. The summed E-state index contributed by atoms with van der Waals surface area (Å²) in [5, 5.41) is 1.74. The van der Waals surface area contributed by atoms with Crippen LogP contribution in [0.25, 0.3) is 10.9 Å². The highest BCUT2D eigenvalue weighted by molar-refractivity contribution is 6.45. The molecule has 1 saturated heterocycles. The second-order valence-electron chi connectivity index (χ2n) is 9.34. The number of nitrogens with zero attached hydrogens (tertiary/aromatic N) is 2. The molecule has 1 saturated carbocycles. The van der Waals surface area contributed by atoms with Crippen molar-refractivity contribution in [2.45, 2.75) is 53.0 Å². The molecule has 1 aromatic carbocycles. The summed E-state index contributed by atoms with van der Waals surface area (Å²) in [5.41, 5.74) is 2.52. The van der Waals surface area contributed by atoms with Crippen LogP contribution in [0.5, 0.6) is 0 Å². The molecule has 1 aliphatic carbocycles. The van der Waals surface area contributed by atoms with Crippen LogP contribution in [0.1, 0.15) is 57.3 Å². The molecule has 2 bridgehead atoms. The summed E-state index contributed by atoms with van der Waals surface area (Å²) in [6.45, 7) is 10.1. The van der Waals surface area contributed by atoms with E-state index in [1.807, 2.05) is 13.0 Å². The lowest BCUT2D eigenvalue weighted by atomic mass is 9.65. The van der Waals surface area contributed by atoms with E-state index in [2.05, 4.69) is 30.7 Å². The molecule has 28 heavy (non-hydrogen) atoms. The zero-order valence-corrected chi connectivity index (χ0v) is 18.3. The van der Waals surface area contributed by atoms with Gasteiger partial charge in [0.1, 0.15) is 5.56 Å². The van der Waals surface area contributed by atoms with Gasteiger partial charge in [-0.1, -0.05) is 44.0 Å². The van der Waals surface area contributed by atoms with E-state index in [-0.39, 0.29) is 16.8 Å². The molecule has 150 valence electrons. The molecule has 2 fully saturated rings. The molecule has 0 radical (unpaired) electrons. The Morgan fingerprint density at radius 2 is 2.04 bits per heavy atom. The fraction of sp³-hybridized carbons (Fsp3) is 0.545. The number of fused-ring (bicyclic) bond motifs is 3. The Labute approximate surface area is 176 Å². The smallest absolute Gasteiger partial charge is 0.341 e. The molecule has 0 unspecified atom stereocenters. The predicted octanol–water partition coefficient (Wildman–Crippen LogP) is 6.12. The summed E-state index contributed by atoms with van der Waals surface area (Å²) in [5.74, 6) is -0.344. The first-order chi connectivity index (χ1) is 13.1. The minimum Gasteiger partial charge on any atom is -0.462 e. The molecule has 4 rings (SSSR count). The van der Waals surface area contributed by atoms with Crippen LogP contribution in [-0.2, 0) is 4.74 Å². The van der Waals surface area contributed by atoms with Gasteiger partial charge in [-0.05, 0) is 49.1 Å². The molecular weight excluding hydrogens is 395 g/mol. The van der Waals surface area contributed by atoms with Crippen LogP contribution >= 0.6 is 23.2 Å². The number of anilines is 1. The van der Waals surface area contributed by atoms with Gasteiger partial charge >= 0.3 is 5.97 Å². The number of hydrogen-bond acceptors (Lipinski definition) is 4. The molecule has 0 amide bonds. The zero-order chi connectivity index (χ0) is 20.3. The van der Waals surface area contributed by atoms with Crippen molar-refractivity contribution in [1.82, 2.24) is 4.98 Å². The van der Waals surface area contributed by atoms with E-state index >= 15 is 0 Å². The number of rotatable bonds is 3. The van der Waals surface area contributed by atoms with Crippen LogP contribution < -0.4 is 4.90 Å². The Kier molecular flexibility index (Phi) is 4.79.